The van der Waals surface area contributed by atoms with Crippen molar-refractivity contribution in [2.45, 2.75) is 25.2 Å². The van der Waals surface area contributed by atoms with Crippen LogP contribution in [0.3, 0.4) is 0 Å². The van der Waals surface area contributed by atoms with E-state index in [0.717, 1.165) is 0 Å². The van der Waals surface area contributed by atoms with Gasteiger partial charge in [-0.25, -0.2) is 13.4 Å². The largest absolute Gasteiger partial charge is 0.244 e. The van der Waals surface area contributed by atoms with Gasteiger partial charge in [0.25, 0.3) is 0 Å². The summed E-state index contributed by atoms with van der Waals surface area (Å²) in [7, 11) is -3.60. The number of sulfonamides is 1. The first-order valence-electron chi connectivity index (χ1n) is 5.42. The lowest BCUT2D eigenvalue weighted by atomic mass is 10.3. The Balaban J connectivity index is 3.11. The summed E-state index contributed by atoms with van der Waals surface area (Å²) in [6.45, 7) is 3.91. The molecule has 1 heterocycles. The summed E-state index contributed by atoms with van der Waals surface area (Å²) < 4.78 is 25.8. The van der Waals surface area contributed by atoms with Crippen LogP contribution in [0.25, 0.3) is 0 Å². The van der Waals surface area contributed by atoms with Crippen molar-refractivity contribution in [3.63, 3.8) is 0 Å². The highest BCUT2D eigenvalue weighted by atomic mass is 35.5. The first kappa shape index (κ1) is 14.9. The summed E-state index contributed by atoms with van der Waals surface area (Å²) in [5.74, 6) is 0. The predicted octanol–water partition coefficient (Wildman–Crippen LogP) is 1.97. The highest BCUT2D eigenvalue weighted by Crippen LogP contribution is 2.19. The minimum absolute atomic E-state index is 0.101. The first-order valence-corrected chi connectivity index (χ1v) is 7.24. The Morgan fingerprint density at radius 2 is 2.22 bits per heavy atom. The van der Waals surface area contributed by atoms with E-state index in [1.807, 2.05) is 6.07 Å². The van der Waals surface area contributed by atoms with Crippen LogP contribution in [-0.2, 0) is 10.0 Å². The van der Waals surface area contributed by atoms with Gasteiger partial charge in [0.15, 0.2) is 0 Å². The van der Waals surface area contributed by atoms with Crippen LogP contribution in [0.1, 0.15) is 18.9 Å². The molecule has 7 heteroatoms. The average Bonchev–Trinajstić information content (AvgIpc) is 2.33. The maximum atomic E-state index is 12.3. The molecule has 18 heavy (non-hydrogen) atoms. The van der Waals surface area contributed by atoms with E-state index < -0.39 is 10.0 Å². The Morgan fingerprint density at radius 3 is 2.72 bits per heavy atom. The quantitative estimate of drug-likeness (QED) is 0.776. The van der Waals surface area contributed by atoms with Crippen LogP contribution in [0.4, 0.5) is 0 Å². The molecule has 0 aliphatic carbocycles. The van der Waals surface area contributed by atoms with Crippen LogP contribution < -0.4 is 0 Å². The van der Waals surface area contributed by atoms with Crippen molar-refractivity contribution in [2.75, 3.05) is 13.1 Å². The zero-order valence-corrected chi connectivity index (χ0v) is 11.8. The fraction of sp³-hybridized carbons (Fsp3) is 0.455. The van der Waals surface area contributed by atoms with Crippen LogP contribution in [0.2, 0.25) is 5.15 Å². The second-order valence-corrected chi connectivity index (χ2v) is 5.98. The van der Waals surface area contributed by atoms with Gasteiger partial charge >= 0.3 is 0 Å². The Morgan fingerprint density at radius 1 is 1.56 bits per heavy atom. The van der Waals surface area contributed by atoms with Gasteiger partial charge in [-0.2, -0.15) is 9.57 Å². The van der Waals surface area contributed by atoms with Crippen molar-refractivity contribution in [3.05, 3.63) is 23.0 Å². The lowest BCUT2D eigenvalue weighted by molar-refractivity contribution is 0.434. The van der Waals surface area contributed by atoms with Gasteiger partial charge in [0.1, 0.15) is 10.0 Å². The molecule has 0 N–H and O–H groups in total. The molecule has 0 radical (unpaired) electrons. The van der Waals surface area contributed by atoms with Crippen molar-refractivity contribution >= 4 is 21.6 Å². The summed E-state index contributed by atoms with van der Waals surface area (Å²) >= 11 is 5.77. The number of pyridine rings is 1. The highest BCUT2D eigenvalue weighted by molar-refractivity contribution is 7.89. The number of nitrogens with zero attached hydrogens (tertiary/aromatic N) is 3. The topological polar surface area (TPSA) is 74.1 Å². The molecule has 0 atom stereocenters. The van der Waals surface area contributed by atoms with E-state index >= 15 is 0 Å². The van der Waals surface area contributed by atoms with Crippen molar-refractivity contribution in [2.24, 2.45) is 0 Å². The summed E-state index contributed by atoms with van der Waals surface area (Å²) in [5, 5.41) is 8.81. The molecule has 0 aromatic carbocycles. The molecular formula is C11H14ClN3O2S. The lowest BCUT2D eigenvalue weighted by Gasteiger charge is -2.19. The van der Waals surface area contributed by atoms with E-state index in [0.29, 0.717) is 12.1 Å². The Kier molecular flexibility index (Phi) is 5.08. The van der Waals surface area contributed by atoms with Crippen LogP contribution >= 0.6 is 11.6 Å². The maximum Gasteiger partial charge on any atom is 0.244 e. The molecule has 0 fully saturated rings. The molecule has 0 saturated heterocycles. The number of nitriles is 1. The number of hydrogen-bond donors (Lipinski definition) is 0. The molecule has 1 aromatic rings. The van der Waals surface area contributed by atoms with Crippen LogP contribution in [0.5, 0.6) is 0 Å². The van der Waals surface area contributed by atoms with Gasteiger partial charge < -0.3 is 0 Å². The summed E-state index contributed by atoms with van der Waals surface area (Å²) in [6.07, 6.45) is 1.40. The molecule has 0 amide bonds. The number of halogens is 1. The van der Waals surface area contributed by atoms with E-state index in [9.17, 15) is 8.42 Å². The minimum Gasteiger partial charge on any atom is -0.243 e. The Labute approximate surface area is 112 Å². The van der Waals surface area contributed by atoms with Gasteiger partial charge in [0, 0.05) is 25.7 Å². The summed E-state index contributed by atoms with van der Waals surface area (Å²) in [4.78, 5) is 3.94. The fourth-order valence-corrected chi connectivity index (χ4v) is 3.03. The molecule has 0 aliphatic rings. The van der Waals surface area contributed by atoms with Gasteiger partial charge in [-0.3, -0.25) is 0 Å². The molecule has 0 aliphatic heterocycles. The Hall–Kier alpha value is -1.16. The van der Waals surface area contributed by atoms with Crippen molar-refractivity contribution < 1.29 is 8.42 Å². The van der Waals surface area contributed by atoms with Crippen molar-refractivity contribution in [1.82, 2.24) is 9.29 Å². The summed E-state index contributed by atoms with van der Waals surface area (Å²) in [5.41, 5.74) is 0.606. The van der Waals surface area contributed by atoms with Crippen LogP contribution in [-0.4, -0.2) is 30.8 Å². The molecular weight excluding hydrogens is 274 g/mol. The van der Waals surface area contributed by atoms with E-state index in [2.05, 4.69) is 4.98 Å². The maximum absolute atomic E-state index is 12.3. The molecule has 0 unspecified atom stereocenters. The molecule has 98 valence electrons. The fourth-order valence-electron chi connectivity index (χ4n) is 1.45. The van der Waals surface area contributed by atoms with Crippen molar-refractivity contribution in [1.29, 1.82) is 5.26 Å². The monoisotopic (exact) mass is 287 g/mol. The van der Waals surface area contributed by atoms with E-state index in [4.69, 9.17) is 16.9 Å². The predicted molar refractivity (Wildman–Crippen MR) is 68.6 cm³/mol. The van der Waals surface area contributed by atoms with E-state index in [1.165, 1.54) is 16.6 Å². The molecule has 0 bridgehead atoms. The van der Waals surface area contributed by atoms with E-state index in [1.54, 1.807) is 13.8 Å². The second-order valence-electron chi connectivity index (χ2n) is 3.68. The van der Waals surface area contributed by atoms with Gasteiger partial charge in [-0.05, 0) is 18.6 Å². The molecule has 0 saturated carbocycles. The van der Waals surface area contributed by atoms with Gasteiger partial charge in [0.05, 0.1) is 6.07 Å². The van der Waals surface area contributed by atoms with E-state index in [-0.39, 0.29) is 23.0 Å². The molecule has 0 spiro atoms. The number of aromatic nitrogens is 1. The highest BCUT2D eigenvalue weighted by Gasteiger charge is 2.23. The van der Waals surface area contributed by atoms with Gasteiger partial charge in [-0.1, -0.05) is 18.5 Å². The third-order valence-corrected chi connectivity index (χ3v) is 4.79. The molecule has 5 nitrogen and oxygen atoms in total. The second kappa shape index (κ2) is 6.14. The number of hydrogen-bond acceptors (Lipinski definition) is 4. The first-order chi connectivity index (χ1) is 8.43. The normalized spacial score (nSPS) is 11.5. The van der Waals surface area contributed by atoms with Crippen LogP contribution in [0, 0.1) is 18.3 Å². The van der Waals surface area contributed by atoms with Crippen LogP contribution in [0.15, 0.2) is 17.2 Å². The lowest BCUT2D eigenvalue weighted by Crippen LogP contribution is -2.31. The summed E-state index contributed by atoms with van der Waals surface area (Å²) in [6, 6.07) is 3.42. The minimum atomic E-state index is -3.60. The molecule has 1 rings (SSSR count). The number of aryl methyl sites for hydroxylation is 1. The standard InChI is InChI=1S/C11H14ClN3O2S/c1-3-15(6-4-5-13)18(16,17)10-7-9(2)11(12)14-8-10/h7-8H,3-4,6H2,1-2H3. The third kappa shape index (κ3) is 3.19. The van der Waals surface area contributed by atoms with Gasteiger partial charge in [0.2, 0.25) is 10.0 Å². The zero-order chi connectivity index (χ0) is 13.8. The van der Waals surface area contributed by atoms with Gasteiger partial charge in [-0.15, -0.1) is 0 Å². The zero-order valence-electron chi connectivity index (χ0n) is 10.2. The van der Waals surface area contributed by atoms with Crippen molar-refractivity contribution in [3.8, 4) is 6.07 Å². The molecule has 1 aromatic heterocycles. The SMILES string of the molecule is CCN(CCC#N)S(=O)(=O)c1cnc(Cl)c(C)c1. The number of rotatable bonds is 5. The average molecular weight is 288 g/mol. The smallest absolute Gasteiger partial charge is 0.243 e. The Bertz CT molecular complexity index is 566. The third-order valence-electron chi connectivity index (χ3n) is 2.45.